The minimum absolute atomic E-state index is 0.0679. The Labute approximate surface area is 148 Å². The van der Waals surface area contributed by atoms with Crippen LogP contribution in [0, 0.1) is 5.92 Å². The summed E-state index contributed by atoms with van der Waals surface area (Å²) >= 11 is 0. The van der Waals surface area contributed by atoms with E-state index in [0.717, 1.165) is 0 Å². The van der Waals surface area contributed by atoms with E-state index < -0.39 is 34.0 Å². The van der Waals surface area contributed by atoms with Crippen molar-refractivity contribution in [3.05, 3.63) is 30.3 Å². The SMILES string of the molecule is CC(C)C[C@H](NS(=O)(=O)c1ccccc1)C(=O)N1CCC[C@H]1C(=O)O. The van der Waals surface area contributed by atoms with E-state index in [-0.39, 0.29) is 10.8 Å². The van der Waals surface area contributed by atoms with E-state index in [2.05, 4.69) is 4.72 Å². The molecule has 25 heavy (non-hydrogen) atoms. The highest BCUT2D eigenvalue weighted by Gasteiger charge is 2.38. The quantitative estimate of drug-likeness (QED) is 0.758. The van der Waals surface area contributed by atoms with Crippen molar-refractivity contribution in [1.82, 2.24) is 9.62 Å². The molecule has 138 valence electrons. The third-order valence-corrected chi connectivity index (χ3v) is 5.66. The van der Waals surface area contributed by atoms with Gasteiger partial charge in [-0.1, -0.05) is 32.0 Å². The van der Waals surface area contributed by atoms with E-state index in [0.29, 0.717) is 25.8 Å². The molecule has 1 aliphatic heterocycles. The zero-order valence-electron chi connectivity index (χ0n) is 14.4. The Morgan fingerprint density at radius 3 is 2.48 bits per heavy atom. The summed E-state index contributed by atoms with van der Waals surface area (Å²) in [6.07, 6.45) is 1.29. The van der Waals surface area contributed by atoms with Crippen LogP contribution in [0.2, 0.25) is 0 Å². The molecule has 2 rings (SSSR count). The van der Waals surface area contributed by atoms with Crippen molar-refractivity contribution < 1.29 is 23.1 Å². The molecule has 8 heteroatoms. The fourth-order valence-electron chi connectivity index (χ4n) is 3.01. The highest BCUT2D eigenvalue weighted by Crippen LogP contribution is 2.21. The van der Waals surface area contributed by atoms with Gasteiger partial charge in [-0.3, -0.25) is 4.79 Å². The summed E-state index contributed by atoms with van der Waals surface area (Å²) in [6.45, 7) is 4.10. The number of carbonyl (C=O) groups is 2. The number of hydrogen-bond acceptors (Lipinski definition) is 4. The Bertz CT molecular complexity index is 718. The first-order chi connectivity index (χ1) is 11.7. The summed E-state index contributed by atoms with van der Waals surface area (Å²) in [7, 11) is -3.86. The highest BCUT2D eigenvalue weighted by atomic mass is 32.2. The molecule has 1 aromatic carbocycles. The number of likely N-dealkylation sites (tertiary alicyclic amines) is 1. The monoisotopic (exact) mass is 368 g/mol. The predicted octanol–water partition coefficient (Wildman–Crippen LogP) is 1.46. The number of aliphatic carboxylic acids is 1. The van der Waals surface area contributed by atoms with E-state index in [1.807, 2.05) is 13.8 Å². The van der Waals surface area contributed by atoms with Gasteiger partial charge in [0.05, 0.1) is 4.90 Å². The Hall–Kier alpha value is -1.93. The van der Waals surface area contributed by atoms with Crippen molar-refractivity contribution in [2.75, 3.05) is 6.54 Å². The first kappa shape index (κ1) is 19.4. The number of hydrogen-bond donors (Lipinski definition) is 2. The molecule has 0 saturated carbocycles. The lowest BCUT2D eigenvalue weighted by Crippen LogP contribution is -2.52. The fourth-order valence-corrected chi connectivity index (χ4v) is 4.24. The number of carboxylic acid groups (broad SMARTS) is 1. The molecular weight excluding hydrogens is 344 g/mol. The first-order valence-electron chi connectivity index (χ1n) is 8.33. The standard InChI is InChI=1S/C17H24N2O5S/c1-12(2)11-14(16(20)19-10-6-9-15(19)17(21)22)18-25(23,24)13-7-4-3-5-8-13/h3-5,7-8,12,14-15,18H,6,9-11H2,1-2H3,(H,21,22)/t14-,15-/m0/s1. The number of sulfonamides is 1. The van der Waals surface area contributed by atoms with Gasteiger partial charge in [0.25, 0.3) is 0 Å². The van der Waals surface area contributed by atoms with Crippen LogP contribution in [0.4, 0.5) is 0 Å². The Kier molecular flexibility index (Phi) is 6.18. The molecule has 1 fully saturated rings. The maximum Gasteiger partial charge on any atom is 0.326 e. The van der Waals surface area contributed by atoms with Gasteiger partial charge in [0.15, 0.2) is 0 Å². The van der Waals surface area contributed by atoms with Gasteiger partial charge >= 0.3 is 5.97 Å². The molecule has 2 N–H and O–H groups in total. The number of carboxylic acids is 1. The summed E-state index contributed by atoms with van der Waals surface area (Å²) in [6, 6.07) is 5.96. The molecular formula is C17H24N2O5S. The lowest BCUT2D eigenvalue weighted by atomic mass is 10.0. The lowest BCUT2D eigenvalue weighted by molar-refractivity contribution is -0.149. The van der Waals surface area contributed by atoms with Crippen molar-refractivity contribution >= 4 is 21.9 Å². The van der Waals surface area contributed by atoms with Gasteiger partial charge in [0.1, 0.15) is 12.1 Å². The number of carbonyl (C=O) groups excluding carboxylic acids is 1. The molecule has 1 saturated heterocycles. The van der Waals surface area contributed by atoms with Crippen LogP contribution in [-0.4, -0.2) is 48.9 Å². The van der Waals surface area contributed by atoms with E-state index in [4.69, 9.17) is 0 Å². The van der Waals surface area contributed by atoms with Crippen LogP contribution in [0.25, 0.3) is 0 Å². The Morgan fingerprint density at radius 1 is 1.28 bits per heavy atom. The molecule has 1 amide bonds. The van der Waals surface area contributed by atoms with Gasteiger partial charge in [-0.05, 0) is 37.3 Å². The predicted molar refractivity (Wildman–Crippen MR) is 92.4 cm³/mol. The van der Waals surface area contributed by atoms with Gasteiger partial charge in [-0.2, -0.15) is 4.72 Å². The zero-order valence-corrected chi connectivity index (χ0v) is 15.2. The molecule has 0 aliphatic carbocycles. The van der Waals surface area contributed by atoms with Crippen LogP contribution in [0.5, 0.6) is 0 Å². The smallest absolute Gasteiger partial charge is 0.326 e. The van der Waals surface area contributed by atoms with Crippen LogP contribution in [0.1, 0.15) is 33.1 Å². The summed E-state index contributed by atoms with van der Waals surface area (Å²) in [4.78, 5) is 25.5. The second-order valence-corrected chi connectivity index (χ2v) is 8.36. The molecule has 7 nitrogen and oxygen atoms in total. The third-order valence-electron chi connectivity index (χ3n) is 4.18. The second-order valence-electron chi connectivity index (χ2n) is 6.64. The Morgan fingerprint density at radius 2 is 1.92 bits per heavy atom. The minimum atomic E-state index is -3.86. The van der Waals surface area contributed by atoms with Gasteiger partial charge in [0, 0.05) is 6.54 Å². The molecule has 0 unspecified atom stereocenters. The van der Waals surface area contributed by atoms with E-state index in [1.165, 1.54) is 17.0 Å². The molecule has 1 aliphatic rings. The van der Waals surface area contributed by atoms with Gasteiger partial charge in [0.2, 0.25) is 15.9 Å². The van der Waals surface area contributed by atoms with Crippen molar-refractivity contribution in [1.29, 1.82) is 0 Å². The van der Waals surface area contributed by atoms with Crippen molar-refractivity contribution in [2.45, 2.75) is 50.1 Å². The molecule has 2 atom stereocenters. The van der Waals surface area contributed by atoms with Crippen molar-refractivity contribution in [2.24, 2.45) is 5.92 Å². The van der Waals surface area contributed by atoms with Crippen molar-refractivity contribution in [3.8, 4) is 0 Å². The van der Waals surface area contributed by atoms with Crippen LogP contribution in [0.15, 0.2) is 35.2 Å². The van der Waals surface area contributed by atoms with Crippen molar-refractivity contribution in [3.63, 3.8) is 0 Å². The number of nitrogens with zero attached hydrogens (tertiary/aromatic N) is 1. The summed E-state index contributed by atoms with van der Waals surface area (Å²) < 4.78 is 27.6. The van der Waals surface area contributed by atoms with E-state index in [1.54, 1.807) is 18.2 Å². The maximum absolute atomic E-state index is 12.8. The summed E-state index contributed by atoms with van der Waals surface area (Å²) in [5, 5.41) is 9.27. The van der Waals surface area contributed by atoms with E-state index in [9.17, 15) is 23.1 Å². The molecule has 0 spiro atoms. The lowest BCUT2D eigenvalue weighted by Gasteiger charge is -2.28. The van der Waals surface area contributed by atoms with Crippen LogP contribution in [-0.2, 0) is 19.6 Å². The van der Waals surface area contributed by atoms with Crippen LogP contribution in [0.3, 0.4) is 0 Å². The molecule has 0 radical (unpaired) electrons. The normalized spacial score (nSPS) is 19.2. The molecule has 0 aromatic heterocycles. The first-order valence-corrected chi connectivity index (χ1v) is 9.81. The Balaban J connectivity index is 2.24. The van der Waals surface area contributed by atoms with Crippen LogP contribution < -0.4 is 4.72 Å². The van der Waals surface area contributed by atoms with Gasteiger partial charge in [-0.25, -0.2) is 13.2 Å². The minimum Gasteiger partial charge on any atom is -0.480 e. The van der Waals surface area contributed by atoms with Crippen LogP contribution >= 0.6 is 0 Å². The number of amides is 1. The molecule has 1 aromatic rings. The van der Waals surface area contributed by atoms with Gasteiger partial charge < -0.3 is 10.0 Å². The summed E-state index contributed by atoms with van der Waals surface area (Å²) in [5.74, 6) is -1.46. The number of rotatable bonds is 7. The third kappa shape index (κ3) is 4.79. The summed E-state index contributed by atoms with van der Waals surface area (Å²) in [5.41, 5.74) is 0. The van der Waals surface area contributed by atoms with E-state index >= 15 is 0 Å². The van der Waals surface area contributed by atoms with Gasteiger partial charge in [-0.15, -0.1) is 0 Å². The second kappa shape index (κ2) is 7.97. The topological polar surface area (TPSA) is 104 Å². The molecule has 0 bridgehead atoms. The number of benzene rings is 1. The highest BCUT2D eigenvalue weighted by molar-refractivity contribution is 7.89. The number of nitrogens with one attached hydrogen (secondary N) is 1. The molecule has 1 heterocycles. The zero-order chi connectivity index (χ0) is 18.6. The largest absolute Gasteiger partial charge is 0.480 e. The fraction of sp³-hybridized carbons (Fsp3) is 0.529. The average Bonchev–Trinajstić information content (AvgIpc) is 3.03. The average molecular weight is 368 g/mol. The maximum atomic E-state index is 12.8.